The van der Waals surface area contributed by atoms with Crippen molar-refractivity contribution in [1.29, 1.82) is 0 Å². The van der Waals surface area contributed by atoms with Crippen LogP contribution in [-0.2, 0) is 29.0 Å². The van der Waals surface area contributed by atoms with Crippen LogP contribution in [0, 0.1) is 0 Å². The number of aromatic nitrogens is 3. The van der Waals surface area contributed by atoms with E-state index in [1.54, 1.807) is 0 Å². The second-order valence-corrected chi connectivity index (χ2v) is 13.0. The molecule has 0 N–H and O–H groups in total. The first-order chi connectivity index (χ1) is 20.4. The summed E-state index contributed by atoms with van der Waals surface area (Å²) in [5.41, 5.74) is 5.14. The zero-order chi connectivity index (χ0) is 29.1. The molecule has 7 heteroatoms. The van der Waals surface area contributed by atoms with Gasteiger partial charge in [-0.3, -0.25) is 19.7 Å². The summed E-state index contributed by atoms with van der Waals surface area (Å²) in [5.74, 6) is -0.233. The van der Waals surface area contributed by atoms with Crippen LogP contribution >= 0.6 is 0 Å². The smallest absolute Gasteiger partial charge is 0.326 e. The number of hydrogen-bond donors (Lipinski definition) is 0. The quantitative estimate of drug-likeness (QED) is 0.210. The van der Waals surface area contributed by atoms with E-state index in [1.165, 1.54) is 50.0 Å². The maximum absolute atomic E-state index is 13.1. The van der Waals surface area contributed by atoms with Gasteiger partial charge in [-0.05, 0) is 103 Å². The number of fused-ring (bicyclic) bond motifs is 4. The fraction of sp³-hybridized carbons (Fsp3) is 0.514. The fourth-order valence-corrected chi connectivity index (χ4v) is 7.01. The van der Waals surface area contributed by atoms with Crippen LogP contribution in [0.4, 0.5) is 0 Å². The molecular weight excluding hydrogens is 522 g/mol. The SMILES string of the molecule is CC(C)(C)OC(=O)Cn1c2ccccc2c2ccnc(CN(CCCN3CCCCC3)C3CCCc4cccnc43)c21. The van der Waals surface area contributed by atoms with Gasteiger partial charge in [0.2, 0.25) is 0 Å². The lowest BCUT2D eigenvalue weighted by Crippen LogP contribution is -2.36. The van der Waals surface area contributed by atoms with E-state index in [1.807, 2.05) is 39.2 Å². The van der Waals surface area contributed by atoms with Crippen molar-refractivity contribution < 1.29 is 9.53 Å². The Bertz CT molecular complexity index is 1530. The van der Waals surface area contributed by atoms with Crippen LogP contribution in [-0.4, -0.2) is 62.1 Å². The molecule has 0 spiro atoms. The van der Waals surface area contributed by atoms with Gasteiger partial charge in [-0.15, -0.1) is 0 Å². The van der Waals surface area contributed by atoms with Crippen LogP contribution in [0.3, 0.4) is 0 Å². The van der Waals surface area contributed by atoms with E-state index in [0.717, 1.165) is 59.9 Å². The maximum atomic E-state index is 13.1. The summed E-state index contributed by atoms with van der Waals surface area (Å²) in [6.45, 7) is 11.2. The van der Waals surface area contributed by atoms with E-state index in [9.17, 15) is 4.79 Å². The Kier molecular flexibility index (Phi) is 8.59. The van der Waals surface area contributed by atoms with Gasteiger partial charge in [-0.25, -0.2) is 0 Å². The molecule has 1 unspecified atom stereocenters. The second kappa shape index (κ2) is 12.5. The number of piperidine rings is 1. The van der Waals surface area contributed by atoms with Crippen LogP contribution in [0.1, 0.15) is 82.3 Å². The van der Waals surface area contributed by atoms with Crippen molar-refractivity contribution >= 4 is 27.8 Å². The van der Waals surface area contributed by atoms with E-state index in [-0.39, 0.29) is 18.6 Å². The Morgan fingerprint density at radius 3 is 2.64 bits per heavy atom. The topological polar surface area (TPSA) is 63.5 Å². The van der Waals surface area contributed by atoms with Gasteiger partial charge in [0.05, 0.1) is 22.9 Å². The number of esters is 1. The number of para-hydroxylation sites is 1. The lowest BCUT2D eigenvalue weighted by atomic mass is 9.90. The third-order valence-electron chi connectivity index (χ3n) is 8.79. The number of nitrogens with zero attached hydrogens (tertiary/aromatic N) is 5. The highest BCUT2D eigenvalue weighted by Crippen LogP contribution is 2.36. The molecule has 42 heavy (non-hydrogen) atoms. The predicted molar refractivity (Wildman–Crippen MR) is 168 cm³/mol. The third-order valence-corrected chi connectivity index (χ3v) is 8.79. The summed E-state index contributed by atoms with van der Waals surface area (Å²) >= 11 is 0. The first kappa shape index (κ1) is 28.8. The van der Waals surface area contributed by atoms with E-state index >= 15 is 0 Å². The van der Waals surface area contributed by atoms with Crippen molar-refractivity contribution in [2.45, 2.75) is 90.4 Å². The van der Waals surface area contributed by atoms with Crippen LogP contribution in [0.25, 0.3) is 21.8 Å². The largest absolute Gasteiger partial charge is 0.459 e. The van der Waals surface area contributed by atoms with Gasteiger partial charge < -0.3 is 14.2 Å². The molecule has 1 fully saturated rings. The molecule has 0 saturated carbocycles. The molecule has 1 aliphatic heterocycles. The summed E-state index contributed by atoms with van der Waals surface area (Å²) in [6.07, 6.45) is 12.4. The highest BCUT2D eigenvalue weighted by Gasteiger charge is 2.29. The average molecular weight is 568 g/mol. The minimum atomic E-state index is -0.538. The Balaban J connectivity index is 1.36. The molecule has 1 aromatic carbocycles. The molecule has 1 saturated heterocycles. The van der Waals surface area contributed by atoms with Crippen molar-refractivity contribution in [1.82, 2.24) is 24.3 Å². The molecule has 222 valence electrons. The monoisotopic (exact) mass is 567 g/mol. The molecule has 4 aromatic rings. The number of rotatable bonds is 9. The standard InChI is InChI=1S/C35H45N5O2/c1-35(2,3)42-32(41)25-40-30-15-6-5-14-27(30)28-17-19-36-29(34(28)40)24-39(23-11-22-38-20-7-4-8-21-38)31-16-9-12-26-13-10-18-37-33(26)31/h5-6,10,13-15,17-19,31H,4,7-9,11-12,16,20-25H2,1-3H3. The summed E-state index contributed by atoms with van der Waals surface area (Å²) in [5, 5.41) is 2.27. The number of aryl methyl sites for hydroxylation is 1. The first-order valence-corrected chi connectivity index (χ1v) is 15.8. The fourth-order valence-electron chi connectivity index (χ4n) is 7.01. The van der Waals surface area contributed by atoms with Crippen LogP contribution in [0.5, 0.6) is 0 Å². The number of carbonyl (C=O) groups is 1. The summed E-state index contributed by atoms with van der Waals surface area (Å²) in [6, 6.07) is 15.0. The van der Waals surface area contributed by atoms with Crippen LogP contribution < -0.4 is 0 Å². The molecule has 1 atom stereocenters. The van der Waals surface area contributed by atoms with Gasteiger partial charge in [-0.1, -0.05) is 30.7 Å². The Morgan fingerprint density at radius 1 is 0.976 bits per heavy atom. The maximum Gasteiger partial charge on any atom is 0.326 e. The molecule has 0 radical (unpaired) electrons. The number of hydrogen-bond acceptors (Lipinski definition) is 6. The third kappa shape index (κ3) is 6.37. The zero-order valence-corrected chi connectivity index (χ0v) is 25.5. The van der Waals surface area contributed by atoms with Crippen molar-refractivity contribution in [2.24, 2.45) is 0 Å². The summed E-state index contributed by atoms with van der Waals surface area (Å²) < 4.78 is 7.90. The number of pyridine rings is 2. The van der Waals surface area contributed by atoms with Crippen LogP contribution in [0.2, 0.25) is 0 Å². The molecule has 1 aliphatic carbocycles. The molecule has 0 bridgehead atoms. The van der Waals surface area contributed by atoms with Crippen molar-refractivity contribution in [3.8, 4) is 0 Å². The number of benzene rings is 1. The van der Waals surface area contributed by atoms with Gasteiger partial charge in [0, 0.05) is 41.8 Å². The van der Waals surface area contributed by atoms with Gasteiger partial charge in [0.1, 0.15) is 12.1 Å². The number of carbonyl (C=O) groups excluding carboxylic acids is 1. The van der Waals surface area contributed by atoms with Gasteiger partial charge >= 0.3 is 5.97 Å². The Hall–Kier alpha value is -3.29. The highest BCUT2D eigenvalue weighted by atomic mass is 16.6. The molecule has 0 amide bonds. The van der Waals surface area contributed by atoms with E-state index in [4.69, 9.17) is 14.7 Å². The molecule has 2 aliphatic rings. The lowest BCUT2D eigenvalue weighted by Gasteiger charge is -2.36. The van der Waals surface area contributed by atoms with Gasteiger partial charge in [-0.2, -0.15) is 0 Å². The summed E-state index contributed by atoms with van der Waals surface area (Å²) in [7, 11) is 0. The molecular formula is C35H45N5O2. The highest BCUT2D eigenvalue weighted by molar-refractivity contribution is 6.09. The van der Waals surface area contributed by atoms with Crippen molar-refractivity contribution in [3.05, 3.63) is 71.8 Å². The zero-order valence-electron chi connectivity index (χ0n) is 25.5. The number of likely N-dealkylation sites (tertiary alicyclic amines) is 1. The Labute approximate surface area is 249 Å². The van der Waals surface area contributed by atoms with Crippen molar-refractivity contribution in [2.75, 3.05) is 26.2 Å². The number of ether oxygens (including phenoxy) is 1. The van der Waals surface area contributed by atoms with Gasteiger partial charge in [0.25, 0.3) is 0 Å². The van der Waals surface area contributed by atoms with E-state index in [0.29, 0.717) is 6.54 Å². The minimum absolute atomic E-state index is 0.156. The molecule has 4 heterocycles. The molecule has 6 rings (SSSR count). The molecule has 7 nitrogen and oxygen atoms in total. The lowest BCUT2D eigenvalue weighted by molar-refractivity contribution is -0.155. The first-order valence-electron chi connectivity index (χ1n) is 15.8. The van der Waals surface area contributed by atoms with E-state index in [2.05, 4.69) is 50.8 Å². The predicted octanol–water partition coefficient (Wildman–Crippen LogP) is 6.68. The molecule has 3 aromatic heterocycles. The normalized spacial score (nSPS) is 18.0. The second-order valence-electron chi connectivity index (χ2n) is 13.0. The van der Waals surface area contributed by atoms with Gasteiger partial charge in [0.15, 0.2) is 0 Å². The minimum Gasteiger partial charge on any atom is -0.459 e. The van der Waals surface area contributed by atoms with Crippen LogP contribution in [0.15, 0.2) is 54.9 Å². The Morgan fingerprint density at radius 2 is 1.81 bits per heavy atom. The average Bonchev–Trinajstić information content (AvgIpc) is 3.30. The van der Waals surface area contributed by atoms with Crippen molar-refractivity contribution in [3.63, 3.8) is 0 Å². The summed E-state index contributed by atoms with van der Waals surface area (Å²) in [4.78, 5) is 28.3. The van der Waals surface area contributed by atoms with E-state index < -0.39 is 5.60 Å².